The maximum absolute atomic E-state index is 11.9. The highest BCUT2D eigenvalue weighted by Crippen LogP contribution is 2.23. The smallest absolute Gasteiger partial charge is 0.224 e. The summed E-state index contributed by atoms with van der Waals surface area (Å²) in [5.74, 6) is 0.630. The number of allylic oxidation sites excluding steroid dienone is 4. The summed E-state index contributed by atoms with van der Waals surface area (Å²) in [4.78, 5) is 11.9. The highest BCUT2D eigenvalue weighted by Gasteiger charge is 2.17. The van der Waals surface area contributed by atoms with E-state index in [1.807, 2.05) is 26.8 Å². The molecule has 1 saturated heterocycles. The molecule has 0 saturated carbocycles. The van der Waals surface area contributed by atoms with E-state index in [0.717, 1.165) is 25.9 Å². The summed E-state index contributed by atoms with van der Waals surface area (Å²) < 4.78 is 0. The Hall–Kier alpha value is -1.35. The zero-order valence-corrected chi connectivity index (χ0v) is 13.0. The molecule has 0 unspecified atom stereocenters. The molecule has 0 aromatic heterocycles. The van der Waals surface area contributed by atoms with Crippen LogP contribution in [0.15, 0.2) is 36.5 Å². The standard InChI is InChI=1S/C17H28N2O/c1-5-6-7-14(15-10-12-18-13-11-15)8-9-16(20)19-17(2,3)4/h5-8,15,18H,1,9-13H2,2-4H3,(H,19,20)/b7-6-,14-8+. The van der Waals surface area contributed by atoms with Crippen molar-refractivity contribution in [1.82, 2.24) is 10.6 Å². The van der Waals surface area contributed by atoms with E-state index in [1.54, 1.807) is 6.08 Å². The Morgan fingerprint density at radius 3 is 2.55 bits per heavy atom. The quantitative estimate of drug-likeness (QED) is 0.758. The van der Waals surface area contributed by atoms with E-state index in [9.17, 15) is 4.79 Å². The van der Waals surface area contributed by atoms with Crippen LogP contribution in [0, 0.1) is 5.92 Å². The van der Waals surface area contributed by atoms with Gasteiger partial charge in [-0.15, -0.1) is 0 Å². The van der Waals surface area contributed by atoms with Gasteiger partial charge in [-0.1, -0.05) is 30.9 Å². The van der Waals surface area contributed by atoms with Crippen molar-refractivity contribution in [2.45, 2.75) is 45.6 Å². The third-order valence-corrected chi connectivity index (χ3v) is 3.27. The number of carbonyl (C=O) groups excluding carboxylic acids is 1. The molecular formula is C17H28N2O. The molecule has 20 heavy (non-hydrogen) atoms. The fourth-order valence-corrected chi connectivity index (χ4v) is 2.39. The lowest BCUT2D eigenvalue weighted by Crippen LogP contribution is -2.40. The van der Waals surface area contributed by atoms with Crippen molar-refractivity contribution in [3.05, 3.63) is 36.5 Å². The average molecular weight is 276 g/mol. The number of hydrogen-bond acceptors (Lipinski definition) is 2. The lowest BCUT2D eigenvalue weighted by Gasteiger charge is -2.24. The summed E-state index contributed by atoms with van der Waals surface area (Å²) in [5, 5.41) is 6.36. The second kappa shape index (κ2) is 8.05. The van der Waals surface area contributed by atoms with E-state index in [4.69, 9.17) is 0 Å². The molecule has 3 nitrogen and oxygen atoms in total. The summed E-state index contributed by atoms with van der Waals surface area (Å²) in [5.41, 5.74) is 1.09. The Kier molecular flexibility index (Phi) is 6.73. The normalized spacial score (nSPS) is 18.2. The van der Waals surface area contributed by atoms with Crippen LogP contribution in [0.3, 0.4) is 0 Å². The molecule has 1 amide bonds. The largest absolute Gasteiger partial charge is 0.351 e. The van der Waals surface area contributed by atoms with Crippen molar-refractivity contribution in [3.63, 3.8) is 0 Å². The van der Waals surface area contributed by atoms with Crippen LogP contribution in [0.1, 0.15) is 40.0 Å². The second-order valence-corrected chi connectivity index (χ2v) is 6.33. The zero-order chi connectivity index (χ0) is 15.0. The molecule has 0 aromatic rings. The fourth-order valence-electron chi connectivity index (χ4n) is 2.39. The molecule has 0 aliphatic carbocycles. The fraction of sp³-hybridized carbons (Fsp3) is 0.588. The first-order valence-electron chi connectivity index (χ1n) is 7.43. The SMILES string of the molecule is C=C/C=C\C(=C/CC(=O)NC(C)(C)C)C1CCNCC1. The first-order chi connectivity index (χ1) is 9.42. The molecule has 0 bridgehead atoms. The van der Waals surface area contributed by atoms with Crippen LogP contribution in [0.4, 0.5) is 0 Å². The number of hydrogen-bond donors (Lipinski definition) is 2. The molecule has 2 N–H and O–H groups in total. The summed E-state index contributed by atoms with van der Waals surface area (Å²) in [7, 11) is 0. The second-order valence-electron chi connectivity index (χ2n) is 6.33. The molecular weight excluding hydrogens is 248 g/mol. The van der Waals surface area contributed by atoms with Gasteiger partial charge in [0.15, 0.2) is 0 Å². The molecule has 1 aliphatic rings. The van der Waals surface area contributed by atoms with Crippen molar-refractivity contribution in [2.24, 2.45) is 5.92 Å². The van der Waals surface area contributed by atoms with Gasteiger partial charge in [0.2, 0.25) is 5.91 Å². The van der Waals surface area contributed by atoms with E-state index in [-0.39, 0.29) is 11.4 Å². The summed E-state index contributed by atoms with van der Waals surface area (Å²) in [6, 6.07) is 0. The molecule has 1 fully saturated rings. The monoisotopic (exact) mass is 276 g/mol. The maximum Gasteiger partial charge on any atom is 0.224 e. The topological polar surface area (TPSA) is 41.1 Å². The molecule has 3 heteroatoms. The third-order valence-electron chi connectivity index (χ3n) is 3.27. The number of carbonyl (C=O) groups is 1. The van der Waals surface area contributed by atoms with Crippen LogP contribution < -0.4 is 10.6 Å². The first-order valence-corrected chi connectivity index (χ1v) is 7.43. The van der Waals surface area contributed by atoms with E-state index in [0.29, 0.717) is 12.3 Å². The van der Waals surface area contributed by atoms with E-state index >= 15 is 0 Å². The maximum atomic E-state index is 11.9. The summed E-state index contributed by atoms with van der Waals surface area (Å²) >= 11 is 0. The molecule has 0 aromatic carbocycles. The van der Waals surface area contributed by atoms with Crippen LogP contribution >= 0.6 is 0 Å². The minimum Gasteiger partial charge on any atom is -0.351 e. The minimum atomic E-state index is -0.170. The van der Waals surface area contributed by atoms with Gasteiger partial charge < -0.3 is 10.6 Å². The Labute approximate surface area is 123 Å². The number of piperidine rings is 1. The van der Waals surface area contributed by atoms with Crippen LogP contribution in [-0.2, 0) is 4.79 Å². The third kappa shape index (κ3) is 6.71. The van der Waals surface area contributed by atoms with Gasteiger partial charge >= 0.3 is 0 Å². The first kappa shape index (κ1) is 16.7. The molecule has 1 aliphatic heterocycles. The summed E-state index contributed by atoms with van der Waals surface area (Å²) in [6.45, 7) is 11.8. The molecule has 112 valence electrons. The van der Waals surface area contributed by atoms with Crippen LogP contribution in [0.5, 0.6) is 0 Å². The van der Waals surface area contributed by atoms with Crippen molar-refractivity contribution >= 4 is 5.91 Å². The van der Waals surface area contributed by atoms with Gasteiger partial charge in [0, 0.05) is 12.0 Å². The Morgan fingerprint density at radius 2 is 2.00 bits per heavy atom. The molecule has 0 atom stereocenters. The highest BCUT2D eigenvalue weighted by atomic mass is 16.1. The molecule has 0 radical (unpaired) electrons. The van der Waals surface area contributed by atoms with Gasteiger partial charge in [-0.05, 0) is 58.2 Å². The molecule has 0 spiro atoms. The van der Waals surface area contributed by atoms with E-state index < -0.39 is 0 Å². The highest BCUT2D eigenvalue weighted by molar-refractivity contribution is 5.78. The lowest BCUT2D eigenvalue weighted by molar-refractivity contribution is -0.121. The number of nitrogens with one attached hydrogen (secondary N) is 2. The van der Waals surface area contributed by atoms with Gasteiger partial charge in [-0.25, -0.2) is 0 Å². The Balaban J connectivity index is 2.66. The van der Waals surface area contributed by atoms with Crippen molar-refractivity contribution in [2.75, 3.05) is 13.1 Å². The predicted octanol–water partition coefficient (Wildman–Crippen LogP) is 2.96. The molecule has 1 heterocycles. The number of amides is 1. The average Bonchev–Trinajstić information content (AvgIpc) is 2.38. The van der Waals surface area contributed by atoms with Crippen molar-refractivity contribution < 1.29 is 4.79 Å². The molecule has 1 rings (SSSR count). The van der Waals surface area contributed by atoms with Gasteiger partial charge in [0.1, 0.15) is 0 Å². The van der Waals surface area contributed by atoms with E-state index in [1.165, 1.54) is 5.57 Å². The van der Waals surface area contributed by atoms with Crippen molar-refractivity contribution in [3.8, 4) is 0 Å². The van der Waals surface area contributed by atoms with Gasteiger partial charge in [-0.3, -0.25) is 4.79 Å². The predicted molar refractivity (Wildman–Crippen MR) is 85.5 cm³/mol. The minimum absolute atomic E-state index is 0.0796. The summed E-state index contributed by atoms with van der Waals surface area (Å²) in [6.07, 6.45) is 10.6. The Bertz CT molecular complexity index is 382. The van der Waals surface area contributed by atoms with Crippen LogP contribution in [0.2, 0.25) is 0 Å². The van der Waals surface area contributed by atoms with Gasteiger partial charge in [-0.2, -0.15) is 0 Å². The van der Waals surface area contributed by atoms with Crippen LogP contribution in [-0.4, -0.2) is 24.5 Å². The zero-order valence-electron chi connectivity index (χ0n) is 13.0. The number of rotatable bonds is 5. The van der Waals surface area contributed by atoms with Gasteiger partial charge in [0.05, 0.1) is 0 Å². The van der Waals surface area contributed by atoms with Gasteiger partial charge in [0.25, 0.3) is 0 Å². The van der Waals surface area contributed by atoms with Crippen molar-refractivity contribution in [1.29, 1.82) is 0 Å². The Morgan fingerprint density at radius 1 is 1.35 bits per heavy atom. The van der Waals surface area contributed by atoms with E-state index in [2.05, 4.69) is 29.4 Å². The van der Waals surface area contributed by atoms with Crippen LogP contribution in [0.25, 0.3) is 0 Å². The lowest BCUT2D eigenvalue weighted by atomic mass is 9.89.